The van der Waals surface area contributed by atoms with Crippen molar-refractivity contribution in [1.82, 2.24) is 26.6 Å². The summed E-state index contributed by atoms with van der Waals surface area (Å²) in [6.45, 7) is 0.0486. The maximum atomic E-state index is 14.7. The maximum absolute atomic E-state index is 14.7. The third kappa shape index (κ3) is 15.0. The van der Waals surface area contributed by atoms with Gasteiger partial charge in [0, 0.05) is 50.8 Å². The highest BCUT2D eigenvalue weighted by molar-refractivity contribution is 5.97. The Morgan fingerprint density at radius 2 is 1.08 bits per heavy atom. The van der Waals surface area contributed by atoms with Gasteiger partial charge < -0.3 is 37.0 Å². The van der Waals surface area contributed by atoms with Crippen LogP contribution < -0.4 is 31.9 Å². The Balaban J connectivity index is 1.34. The minimum absolute atomic E-state index is 0.0169. The molecule has 6 amide bonds. The van der Waals surface area contributed by atoms with E-state index in [1.54, 1.807) is 24.3 Å². The molecule has 0 fully saturated rings. The Hall–Kier alpha value is -7.61. The molecule has 2 bridgehead atoms. The molecule has 0 unspecified atom stereocenters. The molecule has 0 spiro atoms. The van der Waals surface area contributed by atoms with Crippen molar-refractivity contribution < 1.29 is 38.7 Å². The topological polar surface area (TPSA) is 212 Å². The number of fused-ring (bicyclic) bond motifs is 18. The summed E-state index contributed by atoms with van der Waals surface area (Å²) in [4.78, 5) is 94.7. The summed E-state index contributed by atoms with van der Waals surface area (Å²) in [6, 6.07) is 37.8. The SMILES string of the molecule is O=C(O)CCCNC(=O)[C@@H]1Cc2ccc(cc2)NC(=O)CCC(=O)N[C@H](Cc2ccccc2)C(=O)N[C@@H](Cc2ccc(-c3ccccc3)cc2)C(=O)N[C@H](CCc2ccccc2)C(=O)N1. The number of hydrogen-bond acceptors (Lipinski definition) is 7. The van der Waals surface area contributed by atoms with Gasteiger partial charge in [-0.15, -0.1) is 0 Å². The standard InChI is InChI=1S/C51H54N6O8/c58-45-28-29-46(59)54-43(31-35-13-6-2-7-14-35)50(64)57-44(33-36-18-23-39(24-19-36)38-15-8-3-9-16-38)51(65)55-41(27-22-34-11-4-1-5-12-34)49(63)56-42(48(62)52-30-10-17-47(60)61)32-37-20-25-40(53-45)26-21-37/h1-9,11-16,18-21,23-26,41-44H,10,17,22,27-33H2,(H,52,62)(H,53,58)(H,54,59)(H,55,65)(H,56,63)(H,57,64)(H,60,61)/t41-,42+,43-,44+/m1/s1. The Morgan fingerprint density at radius 3 is 1.71 bits per heavy atom. The second-order valence-corrected chi connectivity index (χ2v) is 16.0. The number of benzene rings is 5. The third-order valence-electron chi connectivity index (χ3n) is 11.0. The minimum atomic E-state index is -1.24. The van der Waals surface area contributed by atoms with Crippen LogP contribution in [0.15, 0.2) is 140 Å². The number of carboxylic acid groups (broad SMARTS) is 1. The summed E-state index contributed by atoms with van der Waals surface area (Å²) >= 11 is 0. The van der Waals surface area contributed by atoms with E-state index in [4.69, 9.17) is 5.11 Å². The molecule has 7 rings (SSSR count). The average molecular weight is 879 g/mol. The first-order valence-electron chi connectivity index (χ1n) is 21.8. The number of nitrogens with one attached hydrogen (secondary N) is 6. The number of hydrogen-bond donors (Lipinski definition) is 7. The van der Waals surface area contributed by atoms with Crippen molar-refractivity contribution >= 4 is 47.1 Å². The molecule has 14 heteroatoms. The third-order valence-corrected chi connectivity index (χ3v) is 11.0. The largest absolute Gasteiger partial charge is 0.481 e. The van der Waals surface area contributed by atoms with Gasteiger partial charge in [0.25, 0.3) is 0 Å². The summed E-state index contributed by atoms with van der Waals surface area (Å²) in [5.41, 5.74) is 5.37. The Bertz CT molecular complexity index is 2400. The first kappa shape index (κ1) is 46.9. The molecule has 65 heavy (non-hydrogen) atoms. The Kier molecular flexibility index (Phi) is 17.1. The lowest BCUT2D eigenvalue weighted by Crippen LogP contribution is -2.59. The second-order valence-electron chi connectivity index (χ2n) is 16.0. The molecule has 2 heterocycles. The molecule has 0 saturated heterocycles. The van der Waals surface area contributed by atoms with Crippen LogP contribution in [-0.4, -0.2) is 77.2 Å². The number of carboxylic acids is 1. The second kappa shape index (κ2) is 23.7. The van der Waals surface area contributed by atoms with E-state index < -0.39 is 65.6 Å². The highest BCUT2D eigenvalue weighted by Crippen LogP contribution is 2.20. The molecular formula is C51H54N6O8. The van der Waals surface area contributed by atoms with Crippen LogP contribution in [0.25, 0.3) is 11.1 Å². The van der Waals surface area contributed by atoms with Gasteiger partial charge in [0.15, 0.2) is 0 Å². The lowest BCUT2D eigenvalue weighted by atomic mass is 9.98. The molecular weight excluding hydrogens is 825 g/mol. The fourth-order valence-electron chi connectivity index (χ4n) is 7.47. The molecule has 0 aliphatic carbocycles. The predicted molar refractivity (Wildman–Crippen MR) is 246 cm³/mol. The lowest BCUT2D eigenvalue weighted by molar-refractivity contribution is -0.137. The molecule has 2 aliphatic heterocycles. The first-order chi connectivity index (χ1) is 31.5. The van der Waals surface area contributed by atoms with E-state index in [2.05, 4.69) is 31.9 Å². The highest BCUT2D eigenvalue weighted by Gasteiger charge is 2.32. The van der Waals surface area contributed by atoms with Crippen LogP contribution in [-0.2, 0) is 59.2 Å². The van der Waals surface area contributed by atoms with Gasteiger partial charge in [-0.3, -0.25) is 33.6 Å². The normalized spacial score (nSPS) is 18.7. The van der Waals surface area contributed by atoms with Crippen molar-refractivity contribution in [2.75, 3.05) is 11.9 Å². The summed E-state index contributed by atoms with van der Waals surface area (Å²) in [5, 5.41) is 26.0. The molecule has 5 aromatic rings. The Morgan fingerprint density at radius 1 is 0.554 bits per heavy atom. The molecule has 2 aliphatic rings. The monoisotopic (exact) mass is 878 g/mol. The summed E-state index contributed by atoms with van der Waals surface area (Å²) in [7, 11) is 0. The van der Waals surface area contributed by atoms with E-state index in [9.17, 15) is 33.6 Å². The molecule has 0 saturated carbocycles. The van der Waals surface area contributed by atoms with Crippen LogP contribution in [0.2, 0.25) is 0 Å². The quantitative estimate of drug-likeness (QED) is 0.0652. The average Bonchev–Trinajstić information content (AvgIpc) is 3.31. The zero-order valence-corrected chi connectivity index (χ0v) is 36.0. The van der Waals surface area contributed by atoms with Crippen LogP contribution in [0.1, 0.15) is 54.4 Å². The Labute approximate surface area is 378 Å². The van der Waals surface area contributed by atoms with Crippen molar-refractivity contribution in [3.8, 4) is 11.1 Å². The van der Waals surface area contributed by atoms with Gasteiger partial charge in [-0.25, -0.2) is 0 Å². The van der Waals surface area contributed by atoms with Gasteiger partial charge in [0.05, 0.1) is 0 Å². The fourth-order valence-corrected chi connectivity index (χ4v) is 7.47. The molecule has 4 atom stereocenters. The zero-order chi connectivity index (χ0) is 46.0. The van der Waals surface area contributed by atoms with E-state index in [1.165, 1.54) is 0 Å². The van der Waals surface area contributed by atoms with Gasteiger partial charge in [-0.05, 0) is 64.8 Å². The van der Waals surface area contributed by atoms with Gasteiger partial charge in [-0.2, -0.15) is 0 Å². The number of amides is 6. The van der Waals surface area contributed by atoms with Crippen LogP contribution in [0.4, 0.5) is 5.69 Å². The zero-order valence-electron chi connectivity index (χ0n) is 36.0. The minimum Gasteiger partial charge on any atom is -0.481 e. The fraction of sp³-hybridized carbons (Fsp3) is 0.275. The van der Waals surface area contributed by atoms with E-state index >= 15 is 0 Å². The van der Waals surface area contributed by atoms with Crippen molar-refractivity contribution in [2.45, 2.75) is 82.0 Å². The van der Waals surface area contributed by atoms with E-state index in [1.807, 2.05) is 115 Å². The maximum Gasteiger partial charge on any atom is 0.303 e. The van der Waals surface area contributed by atoms with Gasteiger partial charge in [-0.1, -0.05) is 127 Å². The lowest BCUT2D eigenvalue weighted by Gasteiger charge is -2.27. The molecule has 336 valence electrons. The van der Waals surface area contributed by atoms with Crippen molar-refractivity contribution in [1.29, 1.82) is 0 Å². The van der Waals surface area contributed by atoms with Crippen molar-refractivity contribution in [3.63, 3.8) is 0 Å². The highest BCUT2D eigenvalue weighted by atomic mass is 16.4. The van der Waals surface area contributed by atoms with Crippen molar-refractivity contribution in [2.24, 2.45) is 0 Å². The predicted octanol–water partition coefficient (Wildman–Crippen LogP) is 4.67. The van der Waals surface area contributed by atoms with Gasteiger partial charge in [0.2, 0.25) is 35.4 Å². The van der Waals surface area contributed by atoms with Crippen LogP contribution >= 0.6 is 0 Å². The number of aliphatic carboxylic acids is 1. The molecule has 0 aromatic heterocycles. The number of carbonyl (C=O) groups is 7. The molecule has 14 nitrogen and oxygen atoms in total. The van der Waals surface area contributed by atoms with Crippen LogP contribution in [0, 0.1) is 0 Å². The van der Waals surface area contributed by atoms with Crippen LogP contribution in [0.5, 0.6) is 0 Å². The number of aryl methyl sites for hydroxylation is 1. The van der Waals surface area contributed by atoms with E-state index in [-0.39, 0.29) is 57.9 Å². The number of carbonyl (C=O) groups excluding carboxylic acids is 6. The van der Waals surface area contributed by atoms with E-state index in [0.29, 0.717) is 23.2 Å². The summed E-state index contributed by atoms with van der Waals surface area (Å²) < 4.78 is 0. The summed E-state index contributed by atoms with van der Waals surface area (Å²) in [6.07, 6.45) is 0.222. The van der Waals surface area contributed by atoms with Gasteiger partial charge in [0.1, 0.15) is 24.2 Å². The molecule has 7 N–H and O–H groups in total. The number of anilines is 1. The van der Waals surface area contributed by atoms with Gasteiger partial charge >= 0.3 is 5.97 Å². The smallest absolute Gasteiger partial charge is 0.303 e. The molecule has 5 aromatic carbocycles. The number of rotatable bonds is 13. The van der Waals surface area contributed by atoms with Crippen molar-refractivity contribution in [3.05, 3.63) is 162 Å². The first-order valence-corrected chi connectivity index (χ1v) is 21.8. The summed E-state index contributed by atoms with van der Waals surface area (Å²) in [5.74, 6) is -4.52. The van der Waals surface area contributed by atoms with Crippen LogP contribution in [0.3, 0.4) is 0 Å². The molecule has 0 radical (unpaired) electrons. The van der Waals surface area contributed by atoms with E-state index in [0.717, 1.165) is 22.3 Å².